The number of aliphatic hydroxyl groups is 1. The van der Waals surface area contributed by atoms with Gasteiger partial charge in [0, 0.05) is 31.9 Å². The molecule has 1 N–H and O–H groups in total. The standard InChI is InChI=1S/C29H26Cl2N2O3S/c1-19-3-9-23(10-4-19)33(37(35,36)25-11-5-20(2)6-12-25)18-24(34)17-32-28-13-7-21(30)15-26(28)27-16-22(31)8-14-29(27)32/h3-16,24,34H,17-18H2,1-2H3. The second kappa shape index (κ2) is 10.0. The zero-order chi connectivity index (χ0) is 26.3. The Morgan fingerprint density at radius 3 is 1.78 bits per heavy atom. The average Bonchev–Trinajstić information content (AvgIpc) is 3.15. The molecule has 5 aromatic rings. The molecule has 0 radical (unpaired) electrons. The first-order valence-corrected chi connectivity index (χ1v) is 14.0. The smallest absolute Gasteiger partial charge is 0.264 e. The van der Waals surface area contributed by atoms with Gasteiger partial charge in [-0.25, -0.2) is 8.42 Å². The van der Waals surface area contributed by atoms with E-state index in [0.717, 1.165) is 32.9 Å². The highest BCUT2D eigenvalue weighted by atomic mass is 35.5. The minimum Gasteiger partial charge on any atom is -0.389 e. The van der Waals surface area contributed by atoms with Crippen LogP contribution in [0.3, 0.4) is 0 Å². The van der Waals surface area contributed by atoms with Crippen molar-refractivity contribution in [1.82, 2.24) is 4.57 Å². The van der Waals surface area contributed by atoms with Gasteiger partial charge in [-0.1, -0.05) is 58.6 Å². The predicted molar refractivity (Wildman–Crippen MR) is 152 cm³/mol. The van der Waals surface area contributed by atoms with Gasteiger partial charge in [-0.05, 0) is 74.5 Å². The molecule has 190 valence electrons. The number of nitrogens with zero attached hydrogens (tertiary/aromatic N) is 2. The van der Waals surface area contributed by atoms with Gasteiger partial charge in [0.25, 0.3) is 10.0 Å². The van der Waals surface area contributed by atoms with E-state index in [2.05, 4.69) is 0 Å². The molecule has 1 heterocycles. The molecule has 0 saturated heterocycles. The number of sulfonamides is 1. The largest absolute Gasteiger partial charge is 0.389 e. The van der Waals surface area contributed by atoms with E-state index in [-0.39, 0.29) is 18.0 Å². The fourth-order valence-electron chi connectivity index (χ4n) is 4.60. The van der Waals surface area contributed by atoms with E-state index in [0.29, 0.717) is 15.7 Å². The highest BCUT2D eigenvalue weighted by Gasteiger charge is 2.28. The van der Waals surface area contributed by atoms with Crippen molar-refractivity contribution in [1.29, 1.82) is 0 Å². The van der Waals surface area contributed by atoms with Gasteiger partial charge in [-0.15, -0.1) is 0 Å². The summed E-state index contributed by atoms with van der Waals surface area (Å²) in [6, 6.07) is 25.1. The monoisotopic (exact) mass is 552 g/mol. The van der Waals surface area contributed by atoms with Crippen LogP contribution in [-0.2, 0) is 16.6 Å². The Labute approximate surface area is 226 Å². The van der Waals surface area contributed by atoms with Gasteiger partial charge < -0.3 is 9.67 Å². The summed E-state index contributed by atoms with van der Waals surface area (Å²) in [7, 11) is -3.92. The van der Waals surface area contributed by atoms with Gasteiger partial charge in [0.1, 0.15) is 0 Å². The third kappa shape index (κ3) is 5.07. The number of aromatic nitrogens is 1. The SMILES string of the molecule is Cc1ccc(N(CC(O)Cn2c3ccc(Cl)cc3c3cc(Cl)ccc32)S(=O)(=O)c2ccc(C)cc2)cc1. The molecular weight excluding hydrogens is 527 g/mol. The highest BCUT2D eigenvalue weighted by molar-refractivity contribution is 7.92. The van der Waals surface area contributed by atoms with Crippen molar-refractivity contribution < 1.29 is 13.5 Å². The number of benzene rings is 4. The normalized spacial score (nSPS) is 12.8. The molecule has 8 heteroatoms. The average molecular weight is 554 g/mol. The maximum absolute atomic E-state index is 13.7. The first kappa shape index (κ1) is 25.6. The predicted octanol–water partition coefficient (Wildman–Crippen LogP) is 6.97. The molecule has 4 aromatic carbocycles. The van der Waals surface area contributed by atoms with Crippen LogP contribution < -0.4 is 4.31 Å². The minimum atomic E-state index is -3.92. The summed E-state index contributed by atoms with van der Waals surface area (Å²) in [6.45, 7) is 3.90. The molecule has 37 heavy (non-hydrogen) atoms. The Hall–Kier alpha value is -3.03. The van der Waals surface area contributed by atoms with Gasteiger partial charge >= 0.3 is 0 Å². The first-order chi connectivity index (χ1) is 17.6. The fourth-order valence-corrected chi connectivity index (χ4v) is 6.44. The third-order valence-electron chi connectivity index (χ3n) is 6.49. The lowest BCUT2D eigenvalue weighted by Gasteiger charge is -2.27. The molecule has 5 nitrogen and oxygen atoms in total. The number of hydrogen-bond donors (Lipinski definition) is 1. The molecule has 0 aliphatic carbocycles. The Bertz CT molecular complexity index is 1640. The lowest BCUT2D eigenvalue weighted by atomic mass is 10.1. The van der Waals surface area contributed by atoms with E-state index >= 15 is 0 Å². The summed E-state index contributed by atoms with van der Waals surface area (Å²) in [4.78, 5) is 0.173. The van der Waals surface area contributed by atoms with Crippen LogP contribution in [0.5, 0.6) is 0 Å². The van der Waals surface area contributed by atoms with E-state index in [1.165, 1.54) is 4.31 Å². The number of rotatable bonds is 7. The van der Waals surface area contributed by atoms with Gasteiger partial charge in [-0.2, -0.15) is 0 Å². The summed E-state index contributed by atoms with van der Waals surface area (Å²) in [5.41, 5.74) is 4.23. The van der Waals surface area contributed by atoms with Crippen LogP contribution >= 0.6 is 23.2 Å². The quantitative estimate of drug-likeness (QED) is 0.237. The maximum atomic E-state index is 13.7. The van der Waals surface area contributed by atoms with E-state index in [4.69, 9.17) is 23.2 Å². The summed E-state index contributed by atoms with van der Waals surface area (Å²) in [6.07, 6.45) is -1.01. The van der Waals surface area contributed by atoms with Crippen LogP contribution in [0.25, 0.3) is 21.8 Å². The van der Waals surface area contributed by atoms with Crippen molar-refractivity contribution >= 4 is 60.7 Å². The number of halogens is 2. The Morgan fingerprint density at radius 1 is 0.784 bits per heavy atom. The topological polar surface area (TPSA) is 62.5 Å². The lowest BCUT2D eigenvalue weighted by Crippen LogP contribution is -2.39. The number of aryl methyl sites for hydroxylation is 2. The molecule has 0 aliphatic rings. The molecule has 1 unspecified atom stereocenters. The molecule has 1 atom stereocenters. The van der Waals surface area contributed by atoms with Crippen molar-refractivity contribution in [2.45, 2.75) is 31.4 Å². The summed E-state index contributed by atoms with van der Waals surface area (Å²) in [5, 5.41) is 14.3. The number of fused-ring (bicyclic) bond motifs is 3. The molecule has 0 amide bonds. The molecule has 0 spiro atoms. The Morgan fingerprint density at radius 2 is 1.27 bits per heavy atom. The van der Waals surface area contributed by atoms with Crippen LogP contribution in [-0.4, -0.2) is 30.7 Å². The van der Waals surface area contributed by atoms with E-state index in [1.54, 1.807) is 48.5 Å². The van der Waals surface area contributed by atoms with E-state index in [9.17, 15) is 13.5 Å². The summed E-state index contributed by atoms with van der Waals surface area (Å²) >= 11 is 12.5. The second-order valence-electron chi connectivity index (χ2n) is 9.27. The Balaban J connectivity index is 1.54. The van der Waals surface area contributed by atoms with Gasteiger partial charge in [0.05, 0.1) is 29.8 Å². The molecule has 0 aliphatic heterocycles. The maximum Gasteiger partial charge on any atom is 0.264 e. The molecule has 0 saturated carbocycles. The van der Waals surface area contributed by atoms with Crippen LogP contribution in [0.2, 0.25) is 10.0 Å². The highest BCUT2D eigenvalue weighted by Crippen LogP contribution is 2.33. The number of aliphatic hydroxyl groups excluding tert-OH is 1. The van der Waals surface area contributed by atoms with Crippen LogP contribution in [0, 0.1) is 13.8 Å². The zero-order valence-corrected chi connectivity index (χ0v) is 22.7. The molecule has 5 rings (SSSR count). The molecule has 0 bridgehead atoms. The zero-order valence-electron chi connectivity index (χ0n) is 20.4. The minimum absolute atomic E-state index is 0.123. The van der Waals surface area contributed by atoms with Crippen molar-refractivity contribution in [3.05, 3.63) is 106 Å². The molecule has 0 fully saturated rings. The molecular formula is C29H26Cl2N2O3S. The van der Waals surface area contributed by atoms with Crippen molar-refractivity contribution in [2.75, 3.05) is 10.8 Å². The van der Waals surface area contributed by atoms with E-state index in [1.807, 2.05) is 54.8 Å². The van der Waals surface area contributed by atoms with Gasteiger partial charge in [0.2, 0.25) is 0 Å². The Kier molecular flexibility index (Phi) is 6.94. The van der Waals surface area contributed by atoms with E-state index < -0.39 is 16.1 Å². The van der Waals surface area contributed by atoms with Gasteiger partial charge in [0.15, 0.2) is 0 Å². The first-order valence-electron chi connectivity index (χ1n) is 11.8. The number of anilines is 1. The second-order valence-corrected chi connectivity index (χ2v) is 12.0. The van der Waals surface area contributed by atoms with Crippen LogP contribution in [0.15, 0.2) is 89.8 Å². The van der Waals surface area contributed by atoms with Crippen LogP contribution in [0.1, 0.15) is 11.1 Å². The third-order valence-corrected chi connectivity index (χ3v) is 8.77. The van der Waals surface area contributed by atoms with Crippen molar-refractivity contribution in [3.8, 4) is 0 Å². The van der Waals surface area contributed by atoms with Gasteiger partial charge in [-0.3, -0.25) is 4.31 Å². The van der Waals surface area contributed by atoms with Crippen molar-refractivity contribution in [2.24, 2.45) is 0 Å². The van der Waals surface area contributed by atoms with Crippen molar-refractivity contribution in [3.63, 3.8) is 0 Å². The summed E-state index contributed by atoms with van der Waals surface area (Å²) in [5.74, 6) is 0. The number of hydrogen-bond acceptors (Lipinski definition) is 3. The summed E-state index contributed by atoms with van der Waals surface area (Å²) < 4.78 is 30.8. The fraction of sp³-hybridized carbons (Fsp3) is 0.172. The van der Waals surface area contributed by atoms with Crippen LogP contribution in [0.4, 0.5) is 5.69 Å². The molecule has 1 aromatic heterocycles. The lowest BCUT2D eigenvalue weighted by molar-refractivity contribution is 0.166.